The largest absolute Gasteiger partial charge is 0.480 e. The van der Waals surface area contributed by atoms with Crippen molar-refractivity contribution in [1.29, 1.82) is 0 Å². The smallest absolute Gasteiger partial charge is 0.323 e. The fourth-order valence-electron chi connectivity index (χ4n) is 2.31. The molecule has 1 aliphatic rings. The van der Waals surface area contributed by atoms with Crippen LogP contribution < -0.4 is 4.90 Å². The summed E-state index contributed by atoms with van der Waals surface area (Å²) in [6.07, 6.45) is -0.0130. The summed E-state index contributed by atoms with van der Waals surface area (Å²) in [7, 11) is 1.55. The average Bonchev–Trinajstić information content (AvgIpc) is 2.73. The van der Waals surface area contributed by atoms with Crippen LogP contribution in [0, 0.1) is 0 Å². The zero-order valence-corrected chi connectivity index (χ0v) is 12.2. The minimum atomic E-state index is -1.23. The number of para-hydroxylation sites is 1. The second-order valence-electron chi connectivity index (χ2n) is 5.60. The van der Waals surface area contributed by atoms with Crippen LogP contribution in [0.2, 0.25) is 0 Å². The third kappa shape index (κ3) is 2.54. The lowest BCUT2D eigenvalue weighted by Gasteiger charge is -2.34. The number of nitrogens with zero attached hydrogens (tertiary/aromatic N) is 2. The Morgan fingerprint density at radius 3 is 2.38 bits per heavy atom. The summed E-state index contributed by atoms with van der Waals surface area (Å²) < 4.78 is 0. The summed E-state index contributed by atoms with van der Waals surface area (Å²) in [4.78, 5) is 38.5. The minimum absolute atomic E-state index is 0.0130. The highest BCUT2D eigenvalue weighted by Gasteiger charge is 2.47. The van der Waals surface area contributed by atoms with Crippen molar-refractivity contribution in [2.24, 2.45) is 0 Å². The maximum Gasteiger partial charge on any atom is 0.323 e. The van der Waals surface area contributed by atoms with E-state index >= 15 is 0 Å². The quantitative estimate of drug-likeness (QED) is 0.841. The molecular weight excluding hydrogens is 272 g/mol. The molecule has 2 rings (SSSR count). The molecular formula is C15H18N2O4. The van der Waals surface area contributed by atoms with Crippen LogP contribution in [0.5, 0.6) is 0 Å². The Morgan fingerprint density at radius 2 is 1.86 bits per heavy atom. The van der Waals surface area contributed by atoms with Gasteiger partial charge in [-0.05, 0) is 33.0 Å². The molecule has 112 valence electrons. The number of anilines is 1. The molecule has 1 heterocycles. The first-order chi connectivity index (χ1) is 9.76. The average molecular weight is 290 g/mol. The highest BCUT2D eigenvalue weighted by molar-refractivity contribution is 6.22. The molecule has 21 heavy (non-hydrogen) atoms. The number of carbonyl (C=O) groups is 3. The molecule has 0 radical (unpaired) electrons. The molecule has 1 aromatic carbocycles. The Morgan fingerprint density at radius 1 is 1.29 bits per heavy atom. The number of amides is 2. The summed E-state index contributed by atoms with van der Waals surface area (Å²) in [5, 5.41) is 9.26. The van der Waals surface area contributed by atoms with Crippen LogP contribution in [0.3, 0.4) is 0 Å². The summed E-state index contributed by atoms with van der Waals surface area (Å²) >= 11 is 0. The molecule has 1 N–H and O–H groups in total. The van der Waals surface area contributed by atoms with Gasteiger partial charge in [0.25, 0.3) is 5.91 Å². The van der Waals surface area contributed by atoms with Crippen molar-refractivity contribution >= 4 is 23.5 Å². The van der Waals surface area contributed by atoms with Gasteiger partial charge in [-0.1, -0.05) is 18.2 Å². The lowest BCUT2D eigenvalue weighted by molar-refractivity contribution is -0.150. The SMILES string of the molecule is CN(C1CC(=O)N(c2ccccc2)C1=O)C(C)(C)C(=O)O. The molecule has 0 aromatic heterocycles. The molecule has 1 unspecified atom stereocenters. The zero-order chi connectivity index (χ0) is 15.8. The van der Waals surface area contributed by atoms with Gasteiger partial charge in [0.05, 0.1) is 18.2 Å². The third-order valence-corrected chi connectivity index (χ3v) is 4.01. The number of hydrogen-bond donors (Lipinski definition) is 1. The van der Waals surface area contributed by atoms with Gasteiger partial charge in [0, 0.05) is 0 Å². The lowest BCUT2D eigenvalue weighted by Crippen LogP contribution is -2.54. The van der Waals surface area contributed by atoms with E-state index in [1.54, 1.807) is 37.4 Å². The van der Waals surface area contributed by atoms with Gasteiger partial charge in [-0.25, -0.2) is 4.90 Å². The number of carboxylic acids is 1. The Kier molecular flexibility index (Phi) is 3.82. The van der Waals surface area contributed by atoms with Crippen LogP contribution in [0.4, 0.5) is 5.69 Å². The molecule has 1 atom stereocenters. The zero-order valence-electron chi connectivity index (χ0n) is 12.2. The predicted molar refractivity (Wildman–Crippen MR) is 76.8 cm³/mol. The number of benzene rings is 1. The third-order valence-electron chi connectivity index (χ3n) is 4.01. The number of imide groups is 1. The number of likely N-dealkylation sites (N-methyl/N-ethyl adjacent to an activating group) is 1. The fraction of sp³-hybridized carbons (Fsp3) is 0.400. The van der Waals surface area contributed by atoms with Gasteiger partial charge in [0.2, 0.25) is 5.91 Å². The van der Waals surface area contributed by atoms with E-state index in [1.807, 2.05) is 0 Å². The van der Waals surface area contributed by atoms with Gasteiger partial charge in [0.1, 0.15) is 5.54 Å². The van der Waals surface area contributed by atoms with Crippen LogP contribution in [0.25, 0.3) is 0 Å². The molecule has 6 nitrogen and oxygen atoms in total. The van der Waals surface area contributed by atoms with Crippen LogP contribution >= 0.6 is 0 Å². The summed E-state index contributed by atoms with van der Waals surface area (Å²) in [5.74, 6) is -1.74. The number of carboxylic acid groups (broad SMARTS) is 1. The van der Waals surface area contributed by atoms with Crippen molar-refractivity contribution in [3.63, 3.8) is 0 Å². The number of carbonyl (C=O) groups excluding carboxylic acids is 2. The van der Waals surface area contributed by atoms with Gasteiger partial charge in [-0.2, -0.15) is 0 Å². The molecule has 6 heteroatoms. The van der Waals surface area contributed by atoms with Crippen molar-refractivity contribution in [2.75, 3.05) is 11.9 Å². The van der Waals surface area contributed by atoms with Gasteiger partial charge >= 0.3 is 5.97 Å². The van der Waals surface area contributed by atoms with Crippen molar-refractivity contribution in [2.45, 2.75) is 31.8 Å². The Labute approximate surface area is 123 Å². The topological polar surface area (TPSA) is 77.9 Å². The molecule has 0 bridgehead atoms. The van der Waals surface area contributed by atoms with Crippen molar-refractivity contribution in [3.05, 3.63) is 30.3 Å². The molecule has 1 fully saturated rings. The van der Waals surface area contributed by atoms with E-state index in [9.17, 15) is 19.5 Å². The summed E-state index contributed by atoms with van der Waals surface area (Å²) in [6, 6.07) is 7.89. The molecule has 2 amide bonds. The highest BCUT2D eigenvalue weighted by atomic mass is 16.4. The Balaban J connectivity index is 2.29. The molecule has 0 spiro atoms. The standard InChI is InChI=1S/C15H18N2O4/c1-15(2,14(20)21)16(3)11-9-12(18)17(13(11)19)10-7-5-4-6-8-10/h4-8,11H,9H2,1-3H3,(H,20,21). The highest BCUT2D eigenvalue weighted by Crippen LogP contribution is 2.28. The molecule has 1 aliphatic heterocycles. The predicted octanol–water partition coefficient (Wildman–Crippen LogP) is 1.11. The second-order valence-corrected chi connectivity index (χ2v) is 5.60. The van der Waals surface area contributed by atoms with E-state index < -0.39 is 17.6 Å². The first-order valence-electron chi connectivity index (χ1n) is 6.65. The van der Waals surface area contributed by atoms with Crippen molar-refractivity contribution in [3.8, 4) is 0 Å². The number of aliphatic carboxylic acids is 1. The Bertz CT molecular complexity index is 583. The van der Waals surface area contributed by atoms with Crippen LogP contribution in [0.1, 0.15) is 20.3 Å². The Hall–Kier alpha value is -2.21. The normalized spacial score (nSPS) is 19.4. The molecule has 1 aromatic rings. The maximum absolute atomic E-state index is 12.5. The summed E-state index contributed by atoms with van der Waals surface area (Å²) in [6.45, 7) is 3.02. The van der Waals surface area contributed by atoms with Crippen molar-refractivity contribution < 1.29 is 19.5 Å². The first kappa shape index (κ1) is 15.2. The first-order valence-corrected chi connectivity index (χ1v) is 6.65. The van der Waals surface area contributed by atoms with Gasteiger partial charge < -0.3 is 5.11 Å². The van der Waals surface area contributed by atoms with E-state index in [0.29, 0.717) is 5.69 Å². The van der Waals surface area contributed by atoms with Gasteiger partial charge in [-0.15, -0.1) is 0 Å². The number of hydrogen-bond acceptors (Lipinski definition) is 4. The maximum atomic E-state index is 12.5. The number of rotatable bonds is 4. The fourth-order valence-corrected chi connectivity index (χ4v) is 2.31. The molecule has 0 aliphatic carbocycles. The molecule has 0 saturated carbocycles. The molecule has 1 saturated heterocycles. The summed E-state index contributed by atoms with van der Waals surface area (Å²) in [5.41, 5.74) is -0.718. The monoisotopic (exact) mass is 290 g/mol. The van der Waals surface area contributed by atoms with Crippen LogP contribution in [-0.2, 0) is 14.4 Å². The minimum Gasteiger partial charge on any atom is -0.480 e. The van der Waals surface area contributed by atoms with E-state index in [2.05, 4.69) is 0 Å². The van der Waals surface area contributed by atoms with Gasteiger partial charge in [-0.3, -0.25) is 19.3 Å². The second kappa shape index (κ2) is 5.29. The van der Waals surface area contributed by atoms with E-state index in [1.165, 1.54) is 18.7 Å². The van der Waals surface area contributed by atoms with Crippen molar-refractivity contribution in [1.82, 2.24) is 4.90 Å². The van der Waals surface area contributed by atoms with E-state index in [4.69, 9.17) is 0 Å². The van der Waals surface area contributed by atoms with E-state index in [-0.39, 0.29) is 18.2 Å². The van der Waals surface area contributed by atoms with E-state index in [0.717, 1.165) is 4.90 Å². The lowest BCUT2D eigenvalue weighted by atomic mass is 10.0. The van der Waals surface area contributed by atoms with Gasteiger partial charge in [0.15, 0.2) is 0 Å². The van der Waals surface area contributed by atoms with Crippen LogP contribution in [-0.4, -0.2) is 46.4 Å². The van der Waals surface area contributed by atoms with Crippen LogP contribution in [0.15, 0.2) is 30.3 Å².